The Kier molecular flexibility index (Phi) is 2.90. The molecule has 0 saturated heterocycles. The standard InChI is InChI=1S/C9H10BrF3/c1-8(10,9(11,12)13)7-5-3-2-4-6-7/h2-5,7H,6H2,1H3. The third kappa shape index (κ3) is 2.16. The van der Waals surface area contributed by atoms with Crippen LogP contribution in [0.2, 0.25) is 0 Å². The van der Waals surface area contributed by atoms with Gasteiger partial charge in [-0.1, -0.05) is 40.2 Å². The van der Waals surface area contributed by atoms with Gasteiger partial charge in [0.1, 0.15) is 4.32 Å². The van der Waals surface area contributed by atoms with Crippen LogP contribution in [0, 0.1) is 5.92 Å². The number of alkyl halides is 4. The van der Waals surface area contributed by atoms with E-state index in [1.165, 1.54) is 6.92 Å². The van der Waals surface area contributed by atoms with Gasteiger partial charge < -0.3 is 0 Å². The summed E-state index contributed by atoms with van der Waals surface area (Å²) in [5.41, 5.74) is 0. The quantitative estimate of drug-likeness (QED) is 0.624. The number of allylic oxidation sites excluding steroid dienone is 4. The van der Waals surface area contributed by atoms with Gasteiger partial charge in [-0.25, -0.2) is 0 Å². The van der Waals surface area contributed by atoms with Crippen LogP contribution in [0.25, 0.3) is 0 Å². The van der Waals surface area contributed by atoms with Gasteiger partial charge in [0, 0.05) is 5.92 Å². The van der Waals surface area contributed by atoms with Crippen LogP contribution in [0.15, 0.2) is 24.3 Å². The fraction of sp³-hybridized carbons (Fsp3) is 0.556. The van der Waals surface area contributed by atoms with Crippen molar-refractivity contribution in [2.75, 3.05) is 0 Å². The molecular formula is C9H10BrF3. The summed E-state index contributed by atoms with van der Waals surface area (Å²) in [5, 5.41) is 0. The maximum Gasteiger partial charge on any atom is 0.404 e. The lowest BCUT2D eigenvalue weighted by Crippen LogP contribution is -2.42. The van der Waals surface area contributed by atoms with Gasteiger partial charge in [-0.2, -0.15) is 13.2 Å². The van der Waals surface area contributed by atoms with Gasteiger partial charge >= 0.3 is 6.18 Å². The van der Waals surface area contributed by atoms with E-state index in [1.54, 1.807) is 24.3 Å². The van der Waals surface area contributed by atoms with Crippen molar-refractivity contribution in [2.45, 2.75) is 23.8 Å². The molecule has 0 saturated carbocycles. The van der Waals surface area contributed by atoms with E-state index >= 15 is 0 Å². The van der Waals surface area contributed by atoms with Gasteiger partial charge in [0.05, 0.1) is 0 Å². The molecule has 13 heavy (non-hydrogen) atoms. The van der Waals surface area contributed by atoms with E-state index < -0.39 is 16.4 Å². The minimum absolute atomic E-state index is 0.428. The highest BCUT2D eigenvalue weighted by molar-refractivity contribution is 9.10. The maximum atomic E-state index is 12.5. The molecule has 0 spiro atoms. The van der Waals surface area contributed by atoms with Crippen molar-refractivity contribution < 1.29 is 13.2 Å². The first-order valence-electron chi connectivity index (χ1n) is 3.94. The Morgan fingerprint density at radius 2 is 1.92 bits per heavy atom. The van der Waals surface area contributed by atoms with E-state index in [4.69, 9.17) is 0 Å². The van der Waals surface area contributed by atoms with E-state index in [-0.39, 0.29) is 0 Å². The predicted octanol–water partition coefficient (Wildman–Crippen LogP) is 3.83. The summed E-state index contributed by atoms with van der Waals surface area (Å²) in [6, 6.07) is 0. The smallest absolute Gasteiger partial charge is 0.169 e. The zero-order chi connectivity index (χ0) is 10.1. The van der Waals surface area contributed by atoms with Crippen LogP contribution < -0.4 is 0 Å². The zero-order valence-corrected chi connectivity index (χ0v) is 8.69. The zero-order valence-electron chi connectivity index (χ0n) is 7.11. The van der Waals surface area contributed by atoms with Crippen LogP contribution in [-0.2, 0) is 0 Å². The first kappa shape index (κ1) is 10.8. The SMILES string of the molecule is CC(Br)(C1C=CC=CC1)C(F)(F)F. The Labute approximate surface area is 83.6 Å². The average Bonchev–Trinajstić information content (AvgIpc) is 2.04. The molecule has 0 heterocycles. The van der Waals surface area contributed by atoms with Gasteiger partial charge in [0.15, 0.2) is 0 Å². The Balaban J connectivity index is 2.81. The summed E-state index contributed by atoms with van der Waals surface area (Å²) in [6.45, 7) is 1.17. The van der Waals surface area contributed by atoms with Crippen LogP contribution in [0.4, 0.5) is 13.2 Å². The summed E-state index contributed by atoms with van der Waals surface area (Å²) >= 11 is 2.75. The molecule has 1 aliphatic carbocycles. The summed E-state index contributed by atoms with van der Waals surface area (Å²) in [7, 11) is 0. The van der Waals surface area contributed by atoms with Crippen molar-refractivity contribution in [1.29, 1.82) is 0 Å². The molecule has 0 amide bonds. The molecule has 0 aliphatic heterocycles. The van der Waals surface area contributed by atoms with Crippen LogP contribution in [0.5, 0.6) is 0 Å². The lowest BCUT2D eigenvalue weighted by atomic mass is 9.87. The topological polar surface area (TPSA) is 0 Å². The molecule has 0 nitrogen and oxygen atoms in total. The lowest BCUT2D eigenvalue weighted by Gasteiger charge is -2.32. The van der Waals surface area contributed by atoms with Crippen molar-refractivity contribution in [3.8, 4) is 0 Å². The van der Waals surface area contributed by atoms with E-state index in [0.717, 1.165) is 0 Å². The third-order valence-electron chi connectivity index (χ3n) is 2.23. The van der Waals surface area contributed by atoms with Crippen molar-refractivity contribution in [3.05, 3.63) is 24.3 Å². The maximum absolute atomic E-state index is 12.5. The van der Waals surface area contributed by atoms with Gasteiger partial charge in [0.25, 0.3) is 0 Å². The summed E-state index contributed by atoms with van der Waals surface area (Å²) in [6.07, 6.45) is 2.96. The molecule has 0 aromatic heterocycles. The molecule has 0 radical (unpaired) electrons. The molecule has 0 N–H and O–H groups in total. The monoisotopic (exact) mass is 254 g/mol. The minimum Gasteiger partial charge on any atom is -0.169 e. The largest absolute Gasteiger partial charge is 0.404 e. The van der Waals surface area contributed by atoms with Crippen molar-refractivity contribution >= 4 is 15.9 Å². The van der Waals surface area contributed by atoms with Crippen LogP contribution in [0.3, 0.4) is 0 Å². The van der Waals surface area contributed by atoms with E-state index in [2.05, 4.69) is 15.9 Å². The summed E-state index contributed by atoms with van der Waals surface area (Å²) in [4.78, 5) is 0. The second-order valence-corrected chi connectivity index (χ2v) is 4.88. The molecule has 0 fully saturated rings. The van der Waals surface area contributed by atoms with Gasteiger partial charge in [-0.05, 0) is 13.3 Å². The molecule has 1 rings (SSSR count). The fourth-order valence-electron chi connectivity index (χ4n) is 1.19. The molecule has 1 aliphatic rings. The molecule has 74 valence electrons. The second-order valence-electron chi connectivity index (χ2n) is 3.23. The Hall–Kier alpha value is -0.250. The van der Waals surface area contributed by atoms with Gasteiger partial charge in [-0.3, -0.25) is 0 Å². The first-order valence-corrected chi connectivity index (χ1v) is 4.74. The normalized spacial score (nSPS) is 27.3. The third-order valence-corrected chi connectivity index (χ3v) is 3.27. The number of halogens is 4. The molecule has 0 aromatic rings. The Bertz CT molecular complexity index is 238. The van der Waals surface area contributed by atoms with E-state index in [0.29, 0.717) is 6.42 Å². The van der Waals surface area contributed by atoms with Crippen LogP contribution >= 0.6 is 15.9 Å². The molecule has 2 atom stereocenters. The molecule has 0 bridgehead atoms. The summed E-state index contributed by atoms with van der Waals surface area (Å²) < 4.78 is 35.7. The highest BCUT2D eigenvalue weighted by Gasteiger charge is 2.53. The number of hydrogen-bond acceptors (Lipinski definition) is 0. The van der Waals surface area contributed by atoms with Crippen LogP contribution in [0.1, 0.15) is 13.3 Å². The van der Waals surface area contributed by atoms with Crippen molar-refractivity contribution in [1.82, 2.24) is 0 Å². The van der Waals surface area contributed by atoms with Crippen molar-refractivity contribution in [2.24, 2.45) is 5.92 Å². The average molecular weight is 255 g/mol. The number of rotatable bonds is 1. The number of hydrogen-bond donors (Lipinski definition) is 0. The highest BCUT2D eigenvalue weighted by Crippen LogP contribution is 2.45. The molecular weight excluding hydrogens is 245 g/mol. The lowest BCUT2D eigenvalue weighted by molar-refractivity contribution is -0.161. The highest BCUT2D eigenvalue weighted by atomic mass is 79.9. The Morgan fingerprint density at radius 3 is 2.31 bits per heavy atom. The Morgan fingerprint density at radius 1 is 1.31 bits per heavy atom. The minimum atomic E-state index is -4.22. The van der Waals surface area contributed by atoms with Gasteiger partial charge in [-0.15, -0.1) is 0 Å². The molecule has 0 aromatic carbocycles. The predicted molar refractivity (Wildman–Crippen MR) is 49.8 cm³/mol. The summed E-state index contributed by atoms with van der Waals surface area (Å²) in [5.74, 6) is -0.516. The van der Waals surface area contributed by atoms with Crippen LogP contribution in [-0.4, -0.2) is 10.5 Å². The van der Waals surface area contributed by atoms with E-state index in [9.17, 15) is 13.2 Å². The van der Waals surface area contributed by atoms with E-state index in [1.807, 2.05) is 0 Å². The van der Waals surface area contributed by atoms with Crippen molar-refractivity contribution in [3.63, 3.8) is 0 Å². The van der Waals surface area contributed by atoms with Gasteiger partial charge in [0.2, 0.25) is 0 Å². The molecule has 2 unspecified atom stereocenters. The second kappa shape index (κ2) is 3.48. The fourth-order valence-corrected chi connectivity index (χ4v) is 1.53. The molecule has 4 heteroatoms. The first-order chi connectivity index (χ1) is 5.86.